The van der Waals surface area contributed by atoms with Crippen molar-refractivity contribution in [1.29, 1.82) is 0 Å². The van der Waals surface area contributed by atoms with Gasteiger partial charge in [0.1, 0.15) is 11.8 Å². The lowest BCUT2D eigenvalue weighted by Gasteiger charge is -2.28. The highest BCUT2D eigenvalue weighted by Crippen LogP contribution is 2.17. The molecular formula is C23H29FN2O4. The van der Waals surface area contributed by atoms with Crippen molar-refractivity contribution in [3.63, 3.8) is 0 Å². The molecule has 0 bridgehead atoms. The number of halogens is 1. The molecule has 6 nitrogen and oxygen atoms in total. The van der Waals surface area contributed by atoms with Crippen molar-refractivity contribution in [1.82, 2.24) is 10.2 Å². The summed E-state index contributed by atoms with van der Waals surface area (Å²) in [4.78, 5) is 26.9. The number of benzene rings is 2. The summed E-state index contributed by atoms with van der Waals surface area (Å²) in [6.07, 6.45) is 1.82. The van der Waals surface area contributed by atoms with Crippen molar-refractivity contribution in [3.05, 3.63) is 59.9 Å². The molecule has 0 aromatic heterocycles. The first-order valence-electron chi connectivity index (χ1n) is 10.0. The average Bonchev–Trinajstić information content (AvgIpc) is 2.76. The number of nitrogens with one attached hydrogen (secondary N) is 1. The first-order valence-corrected chi connectivity index (χ1v) is 10.0. The molecular weight excluding hydrogens is 387 g/mol. The molecule has 162 valence electrons. The molecule has 2 rings (SSSR count). The Kier molecular flexibility index (Phi) is 9.12. The summed E-state index contributed by atoms with van der Waals surface area (Å²) in [6, 6.07) is 12.4. The molecule has 1 atom stereocenters. The van der Waals surface area contributed by atoms with Crippen molar-refractivity contribution < 1.29 is 23.5 Å². The molecule has 0 aliphatic carbocycles. The molecule has 0 saturated heterocycles. The zero-order valence-electron chi connectivity index (χ0n) is 17.7. The SMILES string of the molecule is CCCCNC(=O)[C@H](C)N(Cc1ccc(OC)cc1)C(=O)COc1ccccc1F. The van der Waals surface area contributed by atoms with Gasteiger partial charge in [-0.3, -0.25) is 9.59 Å². The highest BCUT2D eigenvalue weighted by Gasteiger charge is 2.26. The molecule has 2 aromatic carbocycles. The molecule has 30 heavy (non-hydrogen) atoms. The second-order valence-electron chi connectivity index (χ2n) is 6.91. The number of nitrogens with zero attached hydrogens (tertiary/aromatic N) is 1. The van der Waals surface area contributed by atoms with Crippen LogP contribution < -0.4 is 14.8 Å². The largest absolute Gasteiger partial charge is 0.497 e. The summed E-state index contributed by atoms with van der Waals surface area (Å²) < 4.78 is 24.3. The molecule has 2 aromatic rings. The number of carbonyl (C=O) groups is 2. The fourth-order valence-electron chi connectivity index (χ4n) is 2.83. The van der Waals surface area contributed by atoms with E-state index in [1.54, 1.807) is 38.3 Å². The van der Waals surface area contributed by atoms with Crippen LogP contribution in [0.3, 0.4) is 0 Å². The summed E-state index contributed by atoms with van der Waals surface area (Å²) >= 11 is 0. The second kappa shape index (κ2) is 11.8. The molecule has 0 radical (unpaired) electrons. The summed E-state index contributed by atoms with van der Waals surface area (Å²) in [5, 5.41) is 2.85. The smallest absolute Gasteiger partial charge is 0.261 e. The van der Waals surface area contributed by atoms with E-state index < -0.39 is 17.8 Å². The van der Waals surface area contributed by atoms with Crippen molar-refractivity contribution in [2.24, 2.45) is 0 Å². The third-order valence-electron chi connectivity index (χ3n) is 4.70. The van der Waals surface area contributed by atoms with Crippen molar-refractivity contribution >= 4 is 11.8 Å². The maximum atomic E-state index is 13.8. The number of carbonyl (C=O) groups excluding carboxylic acids is 2. The fraction of sp³-hybridized carbons (Fsp3) is 0.391. The Hall–Kier alpha value is -3.09. The van der Waals surface area contributed by atoms with Gasteiger partial charge in [-0.2, -0.15) is 0 Å². The van der Waals surface area contributed by atoms with Gasteiger partial charge < -0.3 is 19.7 Å². The molecule has 1 N–H and O–H groups in total. The molecule has 7 heteroatoms. The van der Waals surface area contributed by atoms with Crippen molar-refractivity contribution in [2.75, 3.05) is 20.3 Å². The summed E-state index contributed by atoms with van der Waals surface area (Å²) in [7, 11) is 1.58. The highest BCUT2D eigenvalue weighted by molar-refractivity contribution is 5.87. The van der Waals surface area contributed by atoms with E-state index in [9.17, 15) is 14.0 Å². The molecule has 0 aliphatic heterocycles. The highest BCUT2D eigenvalue weighted by atomic mass is 19.1. The van der Waals surface area contributed by atoms with Crippen LogP contribution >= 0.6 is 0 Å². The van der Waals surface area contributed by atoms with E-state index in [4.69, 9.17) is 9.47 Å². The first kappa shape index (κ1) is 23.2. The van der Waals surface area contributed by atoms with Crippen LogP contribution in [-0.2, 0) is 16.1 Å². The predicted octanol–water partition coefficient (Wildman–Crippen LogP) is 3.55. The number of hydrogen-bond acceptors (Lipinski definition) is 4. The van der Waals surface area contributed by atoms with Crippen molar-refractivity contribution in [3.8, 4) is 11.5 Å². The van der Waals surface area contributed by atoms with E-state index in [1.807, 2.05) is 19.1 Å². The van der Waals surface area contributed by atoms with Crippen LogP contribution in [0.2, 0.25) is 0 Å². The minimum Gasteiger partial charge on any atom is -0.497 e. The Morgan fingerprint density at radius 3 is 2.47 bits per heavy atom. The zero-order valence-corrected chi connectivity index (χ0v) is 17.7. The normalized spacial score (nSPS) is 11.5. The molecule has 2 amide bonds. The van der Waals surface area contributed by atoms with Crippen LogP contribution in [0, 0.1) is 5.82 Å². The number of rotatable bonds is 11. The van der Waals surface area contributed by atoms with Gasteiger partial charge in [-0.05, 0) is 43.2 Å². The minimum absolute atomic E-state index is 0.00435. The van der Waals surface area contributed by atoms with Crippen LogP contribution in [0.5, 0.6) is 11.5 Å². The summed E-state index contributed by atoms with van der Waals surface area (Å²) in [5.41, 5.74) is 0.836. The van der Waals surface area contributed by atoms with E-state index in [-0.39, 0.29) is 24.8 Å². The van der Waals surface area contributed by atoms with Crippen LogP contribution in [0.25, 0.3) is 0 Å². The van der Waals surface area contributed by atoms with E-state index in [1.165, 1.54) is 17.0 Å². The van der Waals surface area contributed by atoms with Crippen LogP contribution in [0.1, 0.15) is 32.3 Å². The number of para-hydroxylation sites is 1. The number of methoxy groups -OCH3 is 1. The topological polar surface area (TPSA) is 67.9 Å². The minimum atomic E-state index is -0.708. The summed E-state index contributed by atoms with van der Waals surface area (Å²) in [5.74, 6) is -0.499. The lowest BCUT2D eigenvalue weighted by atomic mass is 10.1. The standard InChI is InChI=1S/C23H29FN2O4/c1-4-5-14-25-23(28)17(2)26(15-18-10-12-19(29-3)13-11-18)22(27)16-30-21-9-7-6-8-20(21)24/h6-13,17H,4-5,14-16H2,1-3H3,(H,25,28)/t17-/m0/s1. The van der Waals surface area contributed by atoms with E-state index >= 15 is 0 Å². The number of amides is 2. The quantitative estimate of drug-likeness (QED) is 0.569. The Bertz CT molecular complexity index is 826. The molecule has 0 fully saturated rings. The number of unbranched alkanes of at least 4 members (excludes halogenated alkanes) is 1. The van der Waals surface area contributed by atoms with Gasteiger partial charge >= 0.3 is 0 Å². The monoisotopic (exact) mass is 416 g/mol. The molecule has 0 unspecified atom stereocenters. The van der Waals surface area contributed by atoms with Gasteiger partial charge in [-0.25, -0.2) is 4.39 Å². The second-order valence-corrected chi connectivity index (χ2v) is 6.91. The number of hydrogen-bond donors (Lipinski definition) is 1. The van der Waals surface area contributed by atoms with Gasteiger partial charge in [-0.15, -0.1) is 0 Å². The van der Waals surface area contributed by atoms with Gasteiger partial charge in [0.05, 0.1) is 7.11 Å². The first-order chi connectivity index (χ1) is 14.5. The van der Waals surface area contributed by atoms with E-state index in [0.717, 1.165) is 18.4 Å². The van der Waals surface area contributed by atoms with E-state index in [0.29, 0.717) is 12.3 Å². The maximum Gasteiger partial charge on any atom is 0.261 e. The zero-order chi connectivity index (χ0) is 21.9. The lowest BCUT2D eigenvalue weighted by Crippen LogP contribution is -2.49. The van der Waals surface area contributed by atoms with Crippen LogP contribution in [0.4, 0.5) is 4.39 Å². The molecule has 0 saturated carbocycles. The number of ether oxygens (including phenoxy) is 2. The Labute approximate surface area is 177 Å². The van der Waals surface area contributed by atoms with E-state index in [2.05, 4.69) is 5.32 Å². The van der Waals surface area contributed by atoms with Gasteiger partial charge in [0, 0.05) is 13.1 Å². The molecule has 0 spiro atoms. The summed E-state index contributed by atoms with van der Waals surface area (Å²) in [6.45, 7) is 4.10. The maximum absolute atomic E-state index is 13.8. The van der Waals surface area contributed by atoms with Crippen LogP contribution in [-0.4, -0.2) is 43.0 Å². The van der Waals surface area contributed by atoms with Gasteiger partial charge in [0.2, 0.25) is 5.91 Å². The third kappa shape index (κ3) is 6.76. The van der Waals surface area contributed by atoms with Gasteiger partial charge in [-0.1, -0.05) is 37.6 Å². The Balaban J connectivity index is 2.12. The average molecular weight is 416 g/mol. The van der Waals surface area contributed by atoms with Gasteiger partial charge in [0.15, 0.2) is 18.2 Å². The third-order valence-corrected chi connectivity index (χ3v) is 4.70. The molecule has 0 heterocycles. The predicted molar refractivity (Wildman–Crippen MR) is 113 cm³/mol. The fourth-order valence-corrected chi connectivity index (χ4v) is 2.83. The molecule has 0 aliphatic rings. The lowest BCUT2D eigenvalue weighted by molar-refractivity contribution is -0.142. The Morgan fingerprint density at radius 1 is 1.13 bits per heavy atom. The van der Waals surface area contributed by atoms with Gasteiger partial charge in [0.25, 0.3) is 5.91 Å². The van der Waals surface area contributed by atoms with Crippen LogP contribution in [0.15, 0.2) is 48.5 Å². The van der Waals surface area contributed by atoms with Crippen molar-refractivity contribution in [2.45, 2.75) is 39.3 Å². The Morgan fingerprint density at radius 2 is 1.83 bits per heavy atom.